The van der Waals surface area contributed by atoms with Gasteiger partial charge in [-0.2, -0.15) is 5.10 Å². The molecule has 30 heavy (non-hydrogen) atoms. The van der Waals surface area contributed by atoms with Crippen LogP contribution in [0.15, 0.2) is 77.6 Å². The molecule has 4 aromatic rings. The van der Waals surface area contributed by atoms with Crippen molar-refractivity contribution < 1.29 is 14.6 Å². The number of rotatable bonds is 5. The van der Waals surface area contributed by atoms with Gasteiger partial charge in [0.1, 0.15) is 18.0 Å². The molecule has 1 amide bonds. The Morgan fingerprint density at radius 1 is 1.00 bits per heavy atom. The van der Waals surface area contributed by atoms with E-state index >= 15 is 0 Å². The van der Waals surface area contributed by atoms with Gasteiger partial charge in [-0.25, -0.2) is 4.68 Å². The van der Waals surface area contributed by atoms with E-state index in [9.17, 15) is 14.7 Å². The van der Waals surface area contributed by atoms with Crippen LogP contribution in [-0.2, 0) is 11.3 Å². The number of hydrogen-bond acceptors (Lipinski definition) is 5. The third-order valence-corrected chi connectivity index (χ3v) is 4.68. The Morgan fingerprint density at radius 2 is 1.67 bits per heavy atom. The van der Waals surface area contributed by atoms with Gasteiger partial charge >= 0.3 is 0 Å². The summed E-state index contributed by atoms with van der Waals surface area (Å²) >= 11 is 0. The second-order valence-corrected chi connectivity index (χ2v) is 6.68. The van der Waals surface area contributed by atoms with Crippen LogP contribution in [0.1, 0.15) is 0 Å². The number of hydrogen-bond donors (Lipinski definition) is 2. The standard InChI is InChI=1S/C23H19N3O4/c1-30-18-12-6-15(7-13-18)22-19-4-2-3-5-20(19)23(29)26(25-22)14-21(28)24-16-8-10-17(27)11-9-16/h2-13,27H,14H2,1H3,(H,24,28). The van der Waals surface area contributed by atoms with Crippen LogP contribution in [0.25, 0.3) is 22.0 Å². The maximum atomic E-state index is 12.9. The molecule has 0 spiro atoms. The number of nitrogens with one attached hydrogen (secondary N) is 1. The molecule has 0 aliphatic rings. The highest BCUT2D eigenvalue weighted by Crippen LogP contribution is 2.26. The zero-order valence-electron chi connectivity index (χ0n) is 16.2. The summed E-state index contributed by atoms with van der Waals surface area (Å²) in [5.74, 6) is 0.417. The maximum Gasteiger partial charge on any atom is 0.275 e. The summed E-state index contributed by atoms with van der Waals surface area (Å²) in [6, 6.07) is 20.6. The highest BCUT2D eigenvalue weighted by Gasteiger charge is 2.14. The summed E-state index contributed by atoms with van der Waals surface area (Å²) in [7, 11) is 1.59. The molecule has 3 aromatic carbocycles. The lowest BCUT2D eigenvalue weighted by atomic mass is 10.0. The number of aromatic hydroxyl groups is 1. The Morgan fingerprint density at radius 3 is 2.33 bits per heavy atom. The van der Waals surface area contributed by atoms with Gasteiger partial charge in [-0.1, -0.05) is 18.2 Å². The molecular formula is C23H19N3O4. The fraction of sp³-hybridized carbons (Fsp3) is 0.0870. The first-order valence-corrected chi connectivity index (χ1v) is 9.28. The summed E-state index contributed by atoms with van der Waals surface area (Å²) in [4.78, 5) is 25.4. The molecule has 150 valence electrons. The molecule has 1 heterocycles. The molecule has 0 bridgehead atoms. The van der Waals surface area contributed by atoms with E-state index in [2.05, 4.69) is 10.4 Å². The Hall–Kier alpha value is -4.13. The Bertz CT molecular complexity index is 1260. The van der Waals surface area contributed by atoms with Gasteiger partial charge in [0.2, 0.25) is 5.91 Å². The van der Waals surface area contributed by atoms with Gasteiger partial charge < -0.3 is 15.2 Å². The van der Waals surface area contributed by atoms with Gasteiger partial charge in [0, 0.05) is 16.6 Å². The van der Waals surface area contributed by atoms with Gasteiger partial charge in [0.15, 0.2) is 0 Å². The molecule has 0 aliphatic heterocycles. The van der Waals surface area contributed by atoms with Crippen LogP contribution < -0.4 is 15.6 Å². The molecule has 0 unspecified atom stereocenters. The number of carbonyl (C=O) groups is 1. The van der Waals surface area contributed by atoms with Crippen molar-refractivity contribution >= 4 is 22.4 Å². The number of amides is 1. The molecular weight excluding hydrogens is 382 g/mol. The van der Waals surface area contributed by atoms with Crippen molar-refractivity contribution in [1.29, 1.82) is 0 Å². The molecule has 7 nitrogen and oxygen atoms in total. The largest absolute Gasteiger partial charge is 0.508 e. The molecule has 0 saturated carbocycles. The zero-order chi connectivity index (χ0) is 21.1. The van der Waals surface area contributed by atoms with Gasteiger partial charge in [-0.3, -0.25) is 9.59 Å². The van der Waals surface area contributed by atoms with E-state index in [-0.39, 0.29) is 17.9 Å². The van der Waals surface area contributed by atoms with Crippen LogP contribution in [0, 0.1) is 0 Å². The number of nitrogens with zero attached hydrogens (tertiary/aromatic N) is 2. The molecule has 7 heteroatoms. The van der Waals surface area contributed by atoms with E-state index in [1.807, 2.05) is 36.4 Å². The third kappa shape index (κ3) is 3.86. The van der Waals surface area contributed by atoms with Gasteiger partial charge in [-0.05, 0) is 54.6 Å². The Balaban J connectivity index is 1.72. The van der Waals surface area contributed by atoms with Crippen molar-refractivity contribution in [2.45, 2.75) is 6.54 Å². The fourth-order valence-corrected chi connectivity index (χ4v) is 3.19. The van der Waals surface area contributed by atoms with E-state index in [4.69, 9.17) is 4.74 Å². The van der Waals surface area contributed by atoms with Crippen LogP contribution in [0.4, 0.5) is 5.69 Å². The van der Waals surface area contributed by atoms with Gasteiger partial charge in [0.05, 0.1) is 18.2 Å². The first kappa shape index (κ1) is 19.2. The SMILES string of the molecule is COc1ccc(-c2nn(CC(=O)Nc3ccc(O)cc3)c(=O)c3ccccc23)cc1. The van der Waals surface area contributed by atoms with Crippen molar-refractivity contribution in [3.05, 3.63) is 83.2 Å². The van der Waals surface area contributed by atoms with Crippen molar-refractivity contribution in [2.75, 3.05) is 12.4 Å². The zero-order valence-corrected chi connectivity index (χ0v) is 16.2. The number of aromatic nitrogens is 2. The van der Waals surface area contributed by atoms with Crippen molar-refractivity contribution in [1.82, 2.24) is 9.78 Å². The summed E-state index contributed by atoms with van der Waals surface area (Å²) in [5, 5.41) is 17.7. The maximum absolute atomic E-state index is 12.9. The molecule has 2 N–H and O–H groups in total. The molecule has 0 atom stereocenters. The van der Waals surface area contributed by atoms with Crippen molar-refractivity contribution in [2.24, 2.45) is 0 Å². The smallest absolute Gasteiger partial charge is 0.275 e. The molecule has 0 radical (unpaired) electrons. The minimum atomic E-state index is -0.397. The number of phenolic OH excluding ortho intramolecular Hbond substituents is 1. The number of ether oxygens (including phenoxy) is 1. The number of carbonyl (C=O) groups excluding carboxylic acids is 1. The van der Waals surface area contributed by atoms with Crippen LogP contribution >= 0.6 is 0 Å². The fourth-order valence-electron chi connectivity index (χ4n) is 3.19. The third-order valence-electron chi connectivity index (χ3n) is 4.68. The monoisotopic (exact) mass is 401 g/mol. The van der Waals surface area contributed by atoms with E-state index in [1.165, 1.54) is 12.1 Å². The molecule has 0 aliphatic carbocycles. The predicted octanol–water partition coefficient (Wildman–Crippen LogP) is 3.42. The lowest BCUT2D eigenvalue weighted by Gasteiger charge is -2.12. The van der Waals surface area contributed by atoms with Crippen LogP contribution in [-0.4, -0.2) is 27.9 Å². The number of methoxy groups -OCH3 is 1. The van der Waals surface area contributed by atoms with Gasteiger partial charge in [0.25, 0.3) is 5.56 Å². The summed E-state index contributed by atoms with van der Waals surface area (Å²) in [5.41, 5.74) is 1.58. The molecule has 1 aromatic heterocycles. The van der Waals surface area contributed by atoms with E-state index < -0.39 is 5.91 Å². The van der Waals surface area contributed by atoms with Crippen molar-refractivity contribution in [3.8, 4) is 22.8 Å². The normalized spacial score (nSPS) is 10.7. The second-order valence-electron chi connectivity index (χ2n) is 6.68. The average molecular weight is 401 g/mol. The van der Waals surface area contributed by atoms with E-state index in [0.29, 0.717) is 27.9 Å². The Kier molecular flexibility index (Phi) is 5.17. The summed E-state index contributed by atoms with van der Waals surface area (Å²) < 4.78 is 6.37. The number of anilines is 1. The number of fused-ring (bicyclic) bond motifs is 1. The van der Waals surface area contributed by atoms with Crippen molar-refractivity contribution in [3.63, 3.8) is 0 Å². The Labute approximate surface area is 172 Å². The molecule has 0 saturated heterocycles. The molecule has 4 rings (SSSR count). The molecule has 0 fully saturated rings. The first-order chi connectivity index (χ1) is 14.5. The van der Waals surface area contributed by atoms with Crippen LogP contribution in [0.3, 0.4) is 0 Å². The average Bonchev–Trinajstić information content (AvgIpc) is 2.77. The number of phenols is 1. The van der Waals surface area contributed by atoms with Crippen LogP contribution in [0.5, 0.6) is 11.5 Å². The van der Waals surface area contributed by atoms with E-state index in [1.54, 1.807) is 31.4 Å². The topological polar surface area (TPSA) is 93.5 Å². The highest BCUT2D eigenvalue weighted by molar-refractivity contribution is 5.94. The second kappa shape index (κ2) is 8.08. The minimum absolute atomic E-state index is 0.101. The highest BCUT2D eigenvalue weighted by atomic mass is 16.5. The predicted molar refractivity (Wildman–Crippen MR) is 115 cm³/mol. The minimum Gasteiger partial charge on any atom is -0.508 e. The van der Waals surface area contributed by atoms with E-state index in [0.717, 1.165) is 10.2 Å². The number of benzene rings is 3. The lowest BCUT2D eigenvalue weighted by Crippen LogP contribution is -2.30. The van der Waals surface area contributed by atoms with Gasteiger partial charge in [-0.15, -0.1) is 0 Å². The lowest BCUT2D eigenvalue weighted by molar-refractivity contribution is -0.117. The quantitative estimate of drug-likeness (QED) is 0.500. The summed E-state index contributed by atoms with van der Waals surface area (Å²) in [6.45, 7) is -0.242. The van der Waals surface area contributed by atoms with Crippen LogP contribution in [0.2, 0.25) is 0 Å². The first-order valence-electron chi connectivity index (χ1n) is 9.28. The summed E-state index contributed by atoms with van der Waals surface area (Å²) in [6.07, 6.45) is 0.